The zero-order valence-corrected chi connectivity index (χ0v) is 9.92. The molecule has 90 valence electrons. The van der Waals surface area contributed by atoms with Crippen LogP contribution in [0.3, 0.4) is 0 Å². The van der Waals surface area contributed by atoms with Crippen LogP contribution < -0.4 is 5.32 Å². The normalized spacial score (nSPS) is 14.9. The Kier molecular flexibility index (Phi) is 2.58. The molecule has 2 aromatic carbocycles. The van der Waals surface area contributed by atoms with Gasteiger partial charge in [-0.1, -0.05) is 18.2 Å². The smallest absolute Gasteiger partial charge is 0.275 e. The Labute approximate surface area is 110 Å². The van der Waals surface area contributed by atoms with E-state index in [-0.39, 0.29) is 5.91 Å². The predicted octanol–water partition coefficient (Wildman–Crippen LogP) is 2.63. The van der Waals surface area contributed by atoms with Crippen molar-refractivity contribution in [1.29, 1.82) is 5.26 Å². The molecule has 1 N–H and O–H groups in total. The van der Waals surface area contributed by atoms with Crippen LogP contribution in [0, 0.1) is 11.3 Å². The quantitative estimate of drug-likeness (QED) is 0.841. The predicted molar refractivity (Wildman–Crippen MR) is 72.4 cm³/mol. The first-order valence-electron chi connectivity index (χ1n) is 5.77. The van der Waals surface area contributed by atoms with E-state index in [1.54, 1.807) is 24.3 Å². The summed E-state index contributed by atoms with van der Waals surface area (Å²) in [6.45, 7) is 0. The number of hydrogen-bond acceptors (Lipinski definition) is 3. The van der Waals surface area contributed by atoms with Crippen LogP contribution in [-0.4, -0.2) is 11.6 Å². The van der Waals surface area contributed by atoms with Gasteiger partial charge in [-0.2, -0.15) is 5.26 Å². The van der Waals surface area contributed by atoms with Crippen molar-refractivity contribution in [1.82, 2.24) is 0 Å². The maximum absolute atomic E-state index is 11.9. The summed E-state index contributed by atoms with van der Waals surface area (Å²) in [5, 5.41) is 11.5. The van der Waals surface area contributed by atoms with E-state index >= 15 is 0 Å². The topological polar surface area (TPSA) is 65.2 Å². The van der Waals surface area contributed by atoms with E-state index in [1.165, 1.54) is 0 Å². The van der Waals surface area contributed by atoms with Gasteiger partial charge < -0.3 is 5.32 Å². The standard InChI is InChI=1S/C15H9N3O/c16-9-10-5-7-11(8-6-10)17-14-12-3-1-2-4-13(12)18-15(14)19/h1-8H,(H,17,18,19). The lowest BCUT2D eigenvalue weighted by Crippen LogP contribution is -2.13. The van der Waals surface area contributed by atoms with Gasteiger partial charge in [0.15, 0.2) is 0 Å². The van der Waals surface area contributed by atoms with Crippen molar-refractivity contribution >= 4 is 23.0 Å². The van der Waals surface area contributed by atoms with E-state index in [0.29, 0.717) is 17.0 Å². The fourth-order valence-corrected chi connectivity index (χ4v) is 1.95. The molecule has 0 unspecified atom stereocenters. The van der Waals surface area contributed by atoms with Crippen molar-refractivity contribution in [2.45, 2.75) is 0 Å². The number of anilines is 1. The second-order valence-corrected chi connectivity index (χ2v) is 4.12. The molecule has 1 amide bonds. The number of carbonyl (C=O) groups is 1. The molecule has 0 aliphatic carbocycles. The highest BCUT2D eigenvalue weighted by Gasteiger charge is 2.25. The minimum Gasteiger partial charge on any atom is -0.320 e. The summed E-state index contributed by atoms with van der Waals surface area (Å²) in [7, 11) is 0. The molecule has 19 heavy (non-hydrogen) atoms. The molecule has 0 atom stereocenters. The molecular formula is C15H9N3O. The molecule has 0 saturated carbocycles. The Morgan fingerprint density at radius 2 is 1.79 bits per heavy atom. The number of aliphatic imine (C=N–C) groups is 1. The maximum Gasteiger partial charge on any atom is 0.275 e. The Balaban J connectivity index is 2.04. The van der Waals surface area contributed by atoms with E-state index in [1.807, 2.05) is 30.3 Å². The number of nitrogens with zero attached hydrogens (tertiary/aromatic N) is 2. The summed E-state index contributed by atoms with van der Waals surface area (Å²) in [4.78, 5) is 16.2. The lowest BCUT2D eigenvalue weighted by molar-refractivity contribution is -0.110. The number of nitriles is 1. The Morgan fingerprint density at radius 3 is 2.53 bits per heavy atom. The monoisotopic (exact) mass is 247 g/mol. The molecule has 3 rings (SSSR count). The Morgan fingerprint density at radius 1 is 1.05 bits per heavy atom. The fraction of sp³-hybridized carbons (Fsp3) is 0. The first-order chi connectivity index (χ1) is 9.28. The minimum atomic E-state index is -0.203. The second-order valence-electron chi connectivity index (χ2n) is 4.12. The van der Waals surface area contributed by atoms with Crippen molar-refractivity contribution in [3.63, 3.8) is 0 Å². The van der Waals surface area contributed by atoms with Gasteiger partial charge in [0.05, 0.1) is 23.0 Å². The zero-order chi connectivity index (χ0) is 13.2. The lowest BCUT2D eigenvalue weighted by atomic mass is 10.1. The van der Waals surface area contributed by atoms with Crippen LogP contribution in [0.4, 0.5) is 11.4 Å². The van der Waals surface area contributed by atoms with Crippen LogP contribution in [0.25, 0.3) is 0 Å². The number of para-hydroxylation sites is 1. The molecule has 0 aromatic heterocycles. The number of nitrogens with one attached hydrogen (secondary N) is 1. The van der Waals surface area contributed by atoms with Crippen LogP contribution in [-0.2, 0) is 4.79 Å². The van der Waals surface area contributed by atoms with Gasteiger partial charge in [0.1, 0.15) is 5.71 Å². The fourth-order valence-electron chi connectivity index (χ4n) is 1.95. The van der Waals surface area contributed by atoms with Gasteiger partial charge in [0, 0.05) is 5.56 Å². The van der Waals surface area contributed by atoms with Crippen molar-refractivity contribution in [3.05, 3.63) is 59.7 Å². The van der Waals surface area contributed by atoms with Crippen LogP contribution in [0.5, 0.6) is 0 Å². The van der Waals surface area contributed by atoms with Gasteiger partial charge in [-0.3, -0.25) is 4.79 Å². The first kappa shape index (κ1) is 11.2. The summed E-state index contributed by atoms with van der Waals surface area (Å²) >= 11 is 0. The van der Waals surface area contributed by atoms with E-state index in [0.717, 1.165) is 11.3 Å². The van der Waals surface area contributed by atoms with Crippen LogP contribution in [0.1, 0.15) is 11.1 Å². The molecule has 0 spiro atoms. The maximum atomic E-state index is 11.9. The number of benzene rings is 2. The average molecular weight is 247 g/mol. The van der Waals surface area contributed by atoms with Gasteiger partial charge in [0.2, 0.25) is 0 Å². The highest BCUT2D eigenvalue weighted by molar-refractivity contribution is 6.54. The SMILES string of the molecule is N#Cc1ccc(N=C2C(=O)Nc3ccccc32)cc1. The third kappa shape index (κ3) is 1.98. The van der Waals surface area contributed by atoms with Crippen LogP contribution in [0.15, 0.2) is 53.5 Å². The molecule has 1 heterocycles. The van der Waals surface area contributed by atoms with E-state index in [2.05, 4.69) is 10.3 Å². The van der Waals surface area contributed by atoms with Crippen LogP contribution >= 0.6 is 0 Å². The van der Waals surface area contributed by atoms with E-state index < -0.39 is 0 Å². The van der Waals surface area contributed by atoms with Gasteiger partial charge in [-0.25, -0.2) is 4.99 Å². The molecule has 0 bridgehead atoms. The molecule has 0 fully saturated rings. The van der Waals surface area contributed by atoms with Crippen molar-refractivity contribution in [2.75, 3.05) is 5.32 Å². The molecule has 0 radical (unpaired) electrons. The van der Waals surface area contributed by atoms with Gasteiger partial charge >= 0.3 is 0 Å². The number of carbonyl (C=O) groups excluding carboxylic acids is 1. The highest BCUT2D eigenvalue weighted by Crippen LogP contribution is 2.25. The molecule has 4 nitrogen and oxygen atoms in total. The Hall–Kier alpha value is -2.93. The van der Waals surface area contributed by atoms with Crippen molar-refractivity contribution in [3.8, 4) is 6.07 Å². The molecule has 1 aliphatic rings. The lowest BCUT2D eigenvalue weighted by Gasteiger charge is -1.97. The Bertz CT molecular complexity index is 724. The summed E-state index contributed by atoms with van der Waals surface area (Å²) in [6.07, 6.45) is 0. The molecule has 4 heteroatoms. The second kappa shape index (κ2) is 4.39. The summed E-state index contributed by atoms with van der Waals surface area (Å²) in [5.74, 6) is -0.203. The van der Waals surface area contributed by atoms with Gasteiger partial charge in [-0.15, -0.1) is 0 Å². The van der Waals surface area contributed by atoms with E-state index in [9.17, 15) is 4.79 Å². The number of fused-ring (bicyclic) bond motifs is 1. The molecule has 1 aliphatic heterocycles. The van der Waals surface area contributed by atoms with Gasteiger partial charge in [-0.05, 0) is 30.3 Å². The third-order valence-electron chi connectivity index (χ3n) is 2.88. The average Bonchev–Trinajstić information content (AvgIpc) is 2.76. The minimum absolute atomic E-state index is 0.203. The summed E-state index contributed by atoms with van der Waals surface area (Å²) < 4.78 is 0. The first-order valence-corrected chi connectivity index (χ1v) is 5.77. The summed E-state index contributed by atoms with van der Waals surface area (Å²) in [5.41, 5.74) is 3.21. The number of hydrogen-bond donors (Lipinski definition) is 1. The largest absolute Gasteiger partial charge is 0.320 e. The van der Waals surface area contributed by atoms with E-state index in [4.69, 9.17) is 5.26 Å². The highest BCUT2D eigenvalue weighted by atomic mass is 16.2. The van der Waals surface area contributed by atoms with Crippen molar-refractivity contribution in [2.24, 2.45) is 4.99 Å². The molecule has 0 saturated heterocycles. The number of amides is 1. The van der Waals surface area contributed by atoms with Gasteiger partial charge in [0.25, 0.3) is 5.91 Å². The van der Waals surface area contributed by atoms with Crippen molar-refractivity contribution < 1.29 is 4.79 Å². The molecular weight excluding hydrogens is 238 g/mol. The number of rotatable bonds is 1. The zero-order valence-electron chi connectivity index (χ0n) is 9.92. The summed E-state index contributed by atoms with van der Waals surface area (Å²) in [6, 6.07) is 16.3. The van der Waals surface area contributed by atoms with Crippen LogP contribution in [0.2, 0.25) is 0 Å². The molecule has 2 aromatic rings. The third-order valence-corrected chi connectivity index (χ3v) is 2.88.